The summed E-state index contributed by atoms with van der Waals surface area (Å²) in [6, 6.07) is 3.51. The molecule has 1 amide bonds. The number of pyridine rings is 1. The molecule has 0 saturated carbocycles. The van der Waals surface area contributed by atoms with Crippen LogP contribution in [-0.2, 0) is 0 Å². The Morgan fingerprint density at radius 1 is 1.67 bits per heavy atom. The third-order valence-corrected chi connectivity index (χ3v) is 2.46. The summed E-state index contributed by atoms with van der Waals surface area (Å²) in [7, 11) is 0. The van der Waals surface area contributed by atoms with E-state index in [-0.39, 0.29) is 5.91 Å². The molecule has 4 heteroatoms. The van der Waals surface area contributed by atoms with Gasteiger partial charge in [-0.05, 0) is 35.0 Å². The van der Waals surface area contributed by atoms with Crippen molar-refractivity contribution >= 4 is 21.8 Å². The Morgan fingerprint density at radius 3 is 2.87 bits per heavy atom. The molecule has 1 aromatic rings. The maximum absolute atomic E-state index is 11.9. The standard InChI is InChI=1S/C11H13BrN2O/c1-3-7-14(4-2)11(15)9-5-6-10(12)13-8-9/h3,5-6,8H,1,4,7H2,2H3. The maximum atomic E-state index is 11.9. The SMILES string of the molecule is C=CCN(CC)C(=O)c1ccc(Br)nc1. The number of aromatic nitrogens is 1. The lowest BCUT2D eigenvalue weighted by molar-refractivity contribution is 0.0781. The van der Waals surface area contributed by atoms with Crippen molar-refractivity contribution < 1.29 is 4.79 Å². The number of halogens is 1. The van der Waals surface area contributed by atoms with Gasteiger partial charge in [-0.25, -0.2) is 4.98 Å². The van der Waals surface area contributed by atoms with Gasteiger partial charge in [-0.1, -0.05) is 6.08 Å². The zero-order valence-electron chi connectivity index (χ0n) is 8.61. The van der Waals surface area contributed by atoms with Crippen LogP contribution in [0.15, 0.2) is 35.6 Å². The van der Waals surface area contributed by atoms with Crippen LogP contribution in [0.5, 0.6) is 0 Å². The molecule has 0 fully saturated rings. The zero-order chi connectivity index (χ0) is 11.3. The minimum atomic E-state index is -0.0163. The smallest absolute Gasteiger partial charge is 0.255 e. The highest BCUT2D eigenvalue weighted by Gasteiger charge is 2.12. The van der Waals surface area contributed by atoms with E-state index >= 15 is 0 Å². The first-order valence-corrected chi connectivity index (χ1v) is 5.50. The Balaban J connectivity index is 2.82. The van der Waals surface area contributed by atoms with Gasteiger partial charge in [-0.15, -0.1) is 6.58 Å². The van der Waals surface area contributed by atoms with Crippen LogP contribution in [0.25, 0.3) is 0 Å². The van der Waals surface area contributed by atoms with Crippen molar-refractivity contribution in [2.45, 2.75) is 6.92 Å². The van der Waals surface area contributed by atoms with Gasteiger partial charge in [0.2, 0.25) is 0 Å². The largest absolute Gasteiger partial charge is 0.335 e. The molecule has 1 heterocycles. The van der Waals surface area contributed by atoms with Crippen LogP contribution in [0.2, 0.25) is 0 Å². The van der Waals surface area contributed by atoms with Crippen LogP contribution in [0.3, 0.4) is 0 Å². The molecule has 80 valence electrons. The van der Waals surface area contributed by atoms with E-state index in [1.807, 2.05) is 6.92 Å². The van der Waals surface area contributed by atoms with Gasteiger partial charge in [0.1, 0.15) is 4.60 Å². The predicted octanol–water partition coefficient (Wildman–Crippen LogP) is 2.49. The van der Waals surface area contributed by atoms with Crippen molar-refractivity contribution in [1.29, 1.82) is 0 Å². The highest BCUT2D eigenvalue weighted by atomic mass is 79.9. The lowest BCUT2D eigenvalue weighted by atomic mass is 10.2. The summed E-state index contributed by atoms with van der Waals surface area (Å²) in [5.41, 5.74) is 0.599. The summed E-state index contributed by atoms with van der Waals surface area (Å²) in [6.45, 7) is 6.79. The summed E-state index contributed by atoms with van der Waals surface area (Å²) in [5.74, 6) is -0.0163. The monoisotopic (exact) mass is 268 g/mol. The Bertz CT molecular complexity index is 348. The van der Waals surface area contributed by atoms with Gasteiger partial charge in [0, 0.05) is 19.3 Å². The van der Waals surface area contributed by atoms with Gasteiger partial charge >= 0.3 is 0 Å². The van der Waals surface area contributed by atoms with Gasteiger partial charge in [-0.2, -0.15) is 0 Å². The number of amides is 1. The molecule has 0 aromatic carbocycles. The van der Waals surface area contributed by atoms with Crippen molar-refractivity contribution in [3.8, 4) is 0 Å². The summed E-state index contributed by atoms with van der Waals surface area (Å²) in [4.78, 5) is 17.6. The molecule has 0 atom stereocenters. The molecule has 0 saturated heterocycles. The second-order valence-electron chi connectivity index (χ2n) is 3.00. The van der Waals surface area contributed by atoms with E-state index in [0.717, 1.165) is 4.60 Å². The van der Waals surface area contributed by atoms with E-state index in [1.54, 1.807) is 29.3 Å². The number of carbonyl (C=O) groups is 1. The molecule has 3 nitrogen and oxygen atoms in total. The molecule has 0 aliphatic carbocycles. The molecular weight excluding hydrogens is 256 g/mol. The van der Waals surface area contributed by atoms with Crippen molar-refractivity contribution in [2.24, 2.45) is 0 Å². The van der Waals surface area contributed by atoms with Gasteiger partial charge in [0.15, 0.2) is 0 Å². The highest BCUT2D eigenvalue weighted by Crippen LogP contribution is 2.08. The topological polar surface area (TPSA) is 33.2 Å². The molecule has 1 aromatic heterocycles. The van der Waals surface area contributed by atoms with Crippen LogP contribution in [0, 0.1) is 0 Å². The number of nitrogens with zero attached hydrogens (tertiary/aromatic N) is 2. The minimum Gasteiger partial charge on any atom is -0.335 e. The highest BCUT2D eigenvalue weighted by molar-refractivity contribution is 9.10. The Kier molecular flexibility index (Phi) is 4.49. The average molecular weight is 269 g/mol. The Hall–Kier alpha value is -1.16. The summed E-state index contributed by atoms with van der Waals surface area (Å²) in [5, 5.41) is 0. The fourth-order valence-corrected chi connectivity index (χ4v) is 1.43. The third kappa shape index (κ3) is 3.16. The first-order valence-electron chi connectivity index (χ1n) is 4.70. The Morgan fingerprint density at radius 2 is 2.40 bits per heavy atom. The van der Waals surface area contributed by atoms with Crippen LogP contribution >= 0.6 is 15.9 Å². The minimum absolute atomic E-state index is 0.0163. The zero-order valence-corrected chi connectivity index (χ0v) is 10.2. The van der Waals surface area contributed by atoms with Crippen LogP contribution in [0.1, 0.15) is 17.3 Å². The number of hydrogen-bond acceptors (Lipinski definition) is 2. The first-order chi connectivity index (χ1) is 7.19. The lowest BCUT2D eigenvalue weighted by Gasteiger charge is -2.18. The molecule has 0 radical (unpaired) electrons. The molecule has 1 rings (SSSR count). The fraction of sp³-hybridized carbons (Fsp3) is 0.273. The maximum Gasteiger partial charge on any atom is 0.255 e. The molecule has 0 unspecified atom stereocenters. The summed E-state index contributed by atoms with van der Waals surface area (Å²) < 4.78 is 0.728. The first kappa shape index (κ1) is 11.9. The van der Waals surface area contributed by atoms with E-state index in [9.17, 15) is 4.79 Å². The predicted molar refractivity (Wildman–Crippen MR) is 63.7 cm³/mol. The van der Waals surface area contributed by atoms with E-state index in [2.05, 4.69) is 27.5 Å². The quantitative estimate of drug-likeness (QED) is 0.621. The fourth-order valence-electron chi connectivity index (χ4n) is 1.20. The molecule has 0 aliphatic rings. The van der Waals surface area contributed by atoms with Gasteiger partial charge in [0.25, 0.3) is 5.91 Å². The van der Waals surface area contributed by atoms with E-state index in [0.29, 0.717) is 18.7 Å². The molecule has 0 N–H and O–H groups in total. The number of carbonyl (C=O) groups excluding carboxylic acids is 1. The number of likely N-dealkylation sites (N-methyl/N-ethyl adjacent to an activating group) is 1. The summed E-state index contributed by atoms with van der Waals surface area (Å²) >= 11 is 3.23. The molecule has 15 heavy (non-hydrogen) atoms. The molecular formula is C11H13BrN2O. The van der Waals surface area contributed by atoms with Crippen molar-refractivity contribution in [3.63, 3.8) is 0 Å². The lowest BCUT2D eigenvalue weighted by Crippen LogP contribution is -2.30. The van der Waals surface area contributed by atoms with E-state index in [4.69, 9.17) is 0 Å². The van der Waals surface area contributed by atoms with Crippen LogP contribution in [0.4, 0.5) is 0 Å². The molecule has 0 aliphatic heterocycles. The van der Waals surface area contributed by atoms with Crippen molar-refractivity contribution in [2.75, 3.05) is 13.1 Å². The van der Waals surface area contributed by atoms with Crippen LogP contribution in [-0.4, -0.2) is 28.9 Å². The van der Waals surface area contributed by atoms with Crippen LogP contribution < -0.4 is 0 Å². The third-order valence-electron chi connectivity index (χ3n) is 1.99. The number of hydrogen-bond donors (Lipinski definition) is 0. The normalized spacial score (nSPS) is 9.73. The van der Waals surface area contributed by atoms with E-state index < -0.39 is 0 Å². The molecule has 0 spiro atoms. The second-order valence-corrected chi connectivity index (χ2v) is 3.81. The van der Waals surface area contributed by atoms with Gasteiger partial charge in [-0.3, -0.25) is 4.79 Å². The Labute approximate surface area is 97.9 Å². The van der Waals surface area contributed by atoms with Gasteiger partial charge in [0.05, 0.1) is 5.56 Å². The van der Waals surface area contributed by atoms with Crippen molar-refractivity contribution in [1.82, 2.24) is 9.88 Å². The van der Waals surface area contributed by atoms with Crippen molar-refractivity contribution in [3.05, 3.63) is 41.2 Å². The summed E-state index contributed by atoms with van der Waals surface area (Å²) in [6.07, 6.45) is 3.28. The second kappa shape index (κ2) is 5.66. The van der Waals surface area contributed by atoms with Gasteiger partial charge < -0.3 is 4.90 Å². The average Bonchev–Trinajstić information content (AvgIpc) is 2.26. The molecule has 0 bridgehead atoms. The number of rotatable bonds is 4. The van der Waals surface area contributed by atoms with E-state index in [1.165, 1.54) is 0 Å².